The molecule has 78 valence electrons. The molecule has 0 spiro atoms. The molecule has 1 rings (SSSR count). The Morgan fingerprint density at radius 3 is 2.86 bits per heavy atom. The minimum absolute atomic E-state index is 0.153. The zero-order valence-corrected chi connectivity index (χ0v) is 8.04. The Kier molecular flexibility index (Phi) is 4.46. The molecule has 0 N–H and O–H groups in total. The van der Waals surface area contributed by atoms with Crippen LogP contribution in [0, 0.1) is 0 Å². The SMILES string of the molecule is COCCCc1cccc(C(F)F)n1. The Hall–Kier alpha value is -1.03. The summed E-state index contributed by atoms with van der Waals surface area (Å²) in [5.74, 6) is 0. The van der Waals surface area contributed by atoms with E-state index in [0.29, 0.717) is 18.7 Å². The first-order valence-corrected chi connectivity index (χ1v) is 4.47. The van der Waals surface area contributed by atoms with Gasteiger partial charge in [0.2, 0.25) is 0 Å². The topological polar surface area (TPSA) is 22.1 Å². The summed E-state index contributed by atoms with van der Waals surface area (Å²) in [6.07, 6.45) is -1.01. The van der Waals surface area contributed by atoms with E-state index in [1.807, 2.05) is 0 Å². The van der Waals surface area contributed by atoms with E-state index in [4.69, 9.17) is 4.74 Å². The van der Waals surface area contributed by atoms with Crippen LogP contribution in [0.15, 0.2) is 18.2 Å². The van der Waals surface area contributed by atoms with Crippen molar-refractivity contribution in [2.45, 2.75) is 19.3 Å². The lowest BCUT2D eigenvalue weighted by molar-refractivity contribution is 0.145. The quantitative estimate of drug-likeness (QED) is 0.683. The molecule has 0 aliphatic carbocycles. The van der Waals surface area contributed by atoms with Gasteiger partial charge in [-0.1, -0.05) is 6.07 Å². The summed E-state index contributed by atoms with van der Waals surface area (Å²) in [4.78, 5) is 3.84. The van der Waals surface area contributed by atoms with E-state index >= 15 is 0 Å². The highest BCUT2D eigenvalue weighted by atomic mass is 19.3. The van der Waals surface area contributed by atoms with E-state index in [-0.39, 0.29) is 5.69 Å². The summed E-state index contributed by atoms with van der Waals surface area (Å²) in [7, 11) is 1.61. The van der Waals surface area contributed by atoms with Gasteiger partial charge in [0.1, 0.15) is 5.69 Å². The number of aryl methyl sites for hydroxylation is 1. The zero-order valence-electron chi connectivity index (χ0n) is 8.04. The van der Waals surface area contributed by atoms with Crippen molar-refractivity contribution < 1.29 is 13.5 Å². The van der Waals surface area contributed by atoms with Gasteiger partial charge in [0.15, 0.2) is 0 Å². The van der Waals surface area contributed by atoms with Crippen LogP contribution in [0.3, 0.4) is 0 Å². The number of aromatic nitrogens is 1. The second-order valence-corrected chi connectivity index (χ2v) is 2.95. The number of hydrogen-bond acceptors (Lipinski definition) is 2. The minimum Gasteiger partial charge on any atom is -0.385 e. The van der Waals surface area contributed by atoms with Gasteiger partial charge in [-0.05, 0) is 25.0 Å². The lowest BCUT2D eigenvalue weighted by Crippen LogP contribution is -1.98. The van der Waals surface area contributed by atoms with Crippen LogP contribution in [0.4, 0.5) is 8.78 Å². The fourth-order valence-electron chi connectivity index (χ4n) is 1.16. The van der Waals surface area contributed by atoms with Crippen LogP contribution in [-0.2, 0) is 11.2 Å². The maximum atomic E-state index is 12.2. The van der Waals surface area contributed by atoms with Gasteiger partial charge in [0.05, 0.1) is 0 Å². The Bertz CT molecular complexity index is 279. The van der Waals surface area contributed by atoms with Crippen molar-refractivity contribution >= 4 is 0 Å². The number of nitrogens with zero attached hydrogens (tertiary/aromatic N) is 1. The van der Waals surface area contributed by atoms with Gasteiger partial charge in [0, 0.05) is 19.4 Å². The third kappa shape index (κ3) is 3.38. The molecule has 0 aliphatic heterocycles. The summed E-state index contributed by atoms with van der Waals surface area (Å²) in [5.41, 5.74) is 0.541. The Morgan fingerprint density at radius 1 is 1.43 bits per heavy atom. The summed E-state index contributed by atoms with van der Waals surface area (Å²) in [6, 6.07) is 4.70. The molecule has 0 radical (unpaired) electrons. The Balaban J connectivity index is 2.55. The summed E-state index contributed by atoms with van der Waals surface area (Å²) >= 11 is 0. The number of rotatable bonds is 5. The lowest BCUT2D eigenvalue weighted by Gasteiger charge is -2.03. The molecular weight excluding hydrogens is 188 g/mol. The minimum atomic E-state index is -2.49. The molecule has 0 unspecified atom stereocenters. The van der Waals surface area contributed by atoms with Crippen LogP contribution >= 0.6 is 0 Å². The molecule has 0 saturated heterocycles. The molecule has 0 aromatic carbocycles. The predicted octanol–water partition coefficient (Wildman–Crippen LogP) is 2.60. The maximum Gasteiger partial charge on any atom is 0.280 e. The summed E-state index contributed by atoms with van der Waals surface area (Å²) < 4.78 is 29.4. The molecule has 4 heteroatoms. The third-order valence-corrected chi connectivity index (χ3v) is 1.83. The van der Waals surface area contributed by atoms with Gasteiger partial charge in [-0.3, -0.25) is 4.98 Å². The number of ether oxygens (including phenoxy) is 1. The van der Waals surface area contributed by atoms with Gasteiger partial charge in [0.25, 0.3) is 6.43 Å². The largest absolute Gasteiger partial charge is 0.385 e. The fourth-order valence-corrected chi connectivity index (χ4v) is 1.16. The summed E-state index contributed by atoms with van der Waals surface area (Å²) in [6.45, 7) is 0.626. The standard InChI is InChI=1S/C10H13F2NO/c1-14-7-3-5-8-4-2-6-9(13-8)10(11)12/h2,4,6,10H,3,5,7H2,1H3. The first-order valence-electron chi connectivity index (χ1n) is 4.47. The predicted molar refractivity (Wildman–Crippen MR) is 49.4 cm³/mol. The van der Waals surface area contributed by atoms with Crippen LogP contribution in [0.1, 0.15) is 24.2 Å². The number of alkyl halides is 2. The van der Waals surface area contributed by atoms with Crippen LogP contribution in [-0.4, -0.2) is 18.7 Å². The van der Waals surface area contributed by atoms with Gasteiger partial charge in [-0.2, -0.15) is 0 Å². The molecule has 0 aliphatic rings. The monoisotopic (exact) mass is 201 g/mol. The maximum absolute atomic E-state index is 12.2. The first-order chi connectivity index (χ1) is 6.74. The van der Waals surface area contributed by atoms with E-state index < -0.39 is 6.43 Å². The number of methoxy groups -OCH3 is 1. The van der Waals surface area contributed by atoms with Crippen molar-refractivity contribution in [1.29, 1.82) is 0 Å². The normalized spacial score (nSPS) is 10.9. The molecule has 0 atom stereocenters. The van der Waals surface area contributed by atoms with Crippen molar-refractivity contribution in [3.05, 3.63) is 29.6 Å². The van der Waals surface area contributed by atoms with Crippen molar-refractivity contribution in [2.24, 2.45) is 0 Å². The molecule has 0 fully saturated rings. The highest BCUT2D eigenvalue weighted by molar-refractivity contribution is 5.12. The van der Waals surface area contributed by atoms with E-state index in [1.165, 1.54) is 6.07 Å². The van der Waals surface area contributed by atoms with Crippen molar-refractivity contribution in [1.82, 2.24) is 4.98 Å². The number of halogens is 2. The molecule has 0 saturated carbocycles. The fraction of sp³-hybridized carbons (Fsp3) is 0.500. The number of pyridine rings is 1. The molecule has 14 heavy (non-hydrogen) atoms. The Morgan fingerprint density at radius 2 is 2.21 bits per heavy atom. The second-order valence-electron chi connectivity index (χ2n) is 2.95. The van der Waals surface area contributed by atoms with Crippen molar-refractivity contribution in [3.8, 4) is 0 Å². The van der Waals surface area contributed by atoms with E-state index in [0.717, 1.165) is 6.42 Å². The van der Waals surface area contributed by atoms with Crippen LogP contribution in [0.5, 0.6) is 0 Å². The first kappa shape index (κ1) is 11.0. The molecular formula is C10H13F2NO. The van der Waals surface area contributed by atoms with Crippen LogP contribution in [0.2, 0.25) is 0 Å². The average Bonchev–Trinajstić information content (AvgIpc) is 2.19. The molecule has 1 heterocycles. The van der Waals surface area contributed by atoms with E-state index in [2.05, 4.69) is 4.98 Å². The third-order valence-electron chi connectivity index (χ3n) is 1.83. The number of hydrogen-bond donors (Lipinski definition) is 0. The highest BCUT2D eigenvalue weighted by Crippen LogP contribution is 2.16. The average molecular weight is 201 g/mol. The molecule has 2 nitrogen and oxygen atoms in total. The smallest absolute Gasteiger partial charge is 0.280 e. The van der Waals surface area contributed by atoms with Crippen LogP contribution in [0.25, 0.3) is 0 Å². The van der Waals surface area contributed by atoms with E-state index in [1.54, 1.807) is 19.2 Å². The molecule has 0 amide bonds. The van der Waals surface area contributed by atoms with E-state index in [9.17, 15) is 8.78 Å². The molecule has 1 aromatic heterocycles. The van der Waals surface area contributed by atoms with Crippen molar-refractivity contribution in [3.63, 3.8) is 0 Å². The highest BCUT2D eigenvalue weighted by Gasteiger charge is 2.08. The Labute approximate surface area is 81.9 Å². The van der Waals surface area contributed by atoms with Gasteiger partial charge in [-0.25, -0.2) is 8.78 Å². The van der Waals surface area contributed by atoms with Gasteiger partial charge in [-0.15, -0.1) is 0 Å². The zero-order chi connectivity index (χ0) is 10.4. The molecule has 1 aromatic rings. The summed E-state index contributed by atoms with van der Waals surface area (Å²) in [5, 5.41) is 0. The van der Waals surface area contributed by atoms with Gasteiger partial charge < -0.3 is 4.74 Å². The van der Waals surface area contributed by atoms with Crippen LogP contribution < -0.4 is 0 Å². The second kappa shape index (κ2) is 5.65. The van der Waals surface area contributed by atoms with Gasteiger partial charge >= 0.3 is 0 Å². The van der Waals surface area contributed by atoms with Crippen molar-refractivity contribution in [2.75, 3.05) is 13.7 Å². The molecule has 0 bridgehead atoms. The lowest BCUT2D eigenvalue weighted by atomic mass is 10.2.